The number of nitrogens with zero attached hydrogens (tertiary/aromatic N) is 1. The molecule has 0 aliphatic carbocycles. The van der Waals surface area contributed by atoms with Crippen LogP contribution in [0.15, 0.2) is 72.1 Å². The molecular weight excluding hydrogens is 518 g/mol. The van der Waals surface area contributed by atoms with E-state index in [4.69, 9.17) is 61.6 Å². The summed E-state index contributed by atoms with van der Waals surface area (Å²) in [7, 11) is 0. The van der Waals surface area contributed by atoms with Crippen LogP contribution >= 0.6 is 46.4 Å². The summed E-state index contributed by atoms with van der Waals surface area (Å²) in [4.78, 5) is 12.3. The number of allylic oxidation sites excluding steroid dienone is 1. The molecule has 2 N–H and O–H groups in total. The van der Waals surface area contributed by atoms with Crippen molar-refractivity contribution in [2.75, 3.05) is 0 Å². The highest BCUT2D eigenvalue weighted by Gasteiger charge is 2.32. The molecule has 9 heteroatoms. The fourth-order valence-electron chi connectivity index (χ4n) is 3.50. The quantitative estimate of drug-likeness (QED) is 0.220. The predicted octanol–water partition coefficient (Wildman–Crippen LogP) is 7.14. The molecule has 34 heavy (non-hydrogen) atoms. The van der Waals surface area contributed by atoms with Gasteiger partial charge in [0.15, 0.2) is 0 Å². The number of fused-ring (bicyclic) bond motifs is 1. The number of carbonyl (C=O) groups excluding carboxylic acids is 1. The van der Waals surface area contributed by atoms with E-state index in [-0.39, 0.29) is 17.2 Å². The van der Waals surface area contributed by atoms with Gasteiger partial charge in [-0.2, -0.15) is 5.26 Å². The summed E-state index contributed by atoms with van der Waals surface area (Å²) in [6.07, 6.45) is 2.77. The summed E-state index contributed by atoms with van der Waals surface area (Å²) in [5, 5.41) is 11.4. The molecule has 0 spiro atoms. The van der Waals surface area contributed by atoms with Gasteiger partial charge in [0.25, 0.3) is 0 Å². The van der Waals surface area contributed by atoms with Crippen molar-refractivity contribution in [2.24, 2.45) is 5.73 Å². The molecule has 170 valence electrons. The molecular formula is C25H14Cl4N2O3. The molecule has 1 aliphatic rings. The highest BCUT2D eigenvalue weighted by molar-refractivity contribution is 6.36. The zero-order valence-corrected chi connectivity index (χ0v) is 20.2. The van der Waals surface area contributed by atoms with E-state index in [1.807, 2.05) is 0 Å². The number of nitriles is 1. The molecule has 1 atom stereocenters. The zero-order chi connectivity index (χ0) is 24.4. The standard InChI is InChI=1S/C25H14Cl4N2O3/c26-14-3-1-13(20(28)9-14)2-8-23(32)33-16-5-7-18-22(11-16)34-25(31)19(12-30)24(18)17-6-4-15(27)10-21(17)29/h1-11,24H,31H2/b8-2+. The van der Waals surface area contributed by atoms with Gasteiger partial charge < -0.3 is 15.2 Å². The maximum absolute atomic E-state index is 12.3. The van der Waals surface area contributed by atoms with Crippen LogP contribution in [0.25, 0.3) is 6.08 Å². The van der Waals surface area contributed by atoms with E-state index in [0.29, 0.717) is 42.5 Å². The van der Waals surface area contributed by atoms with Gasteiger partial charge in [-0.05, 0) is 47.5 Å². The molecule has 0 saturated heterocycles. The molecule has 1 unspecified atom stereocenters. The van der Waals surface area contributed by atoms with Crippen molar-refractivity contribution in [3.05, 3.63) is 109 Å². The van der Waals surface area contributed by atoms with Gasteiger partial charge in [-0.1, -0.05) is 64.6 Å². The third-order valence-corrected chi connectivity index (χ3v) is 6.17. The first-order chi connectivity index (χ1) is 16.3. The number of rotatable bonds is 4. The Morgan fingerprint density at radius 1 is 0.971 bits per heavy atom. The monoisotopic (exact) mass is 530 g/mol. The van der Waals surface area contributed by atoms with Crippen LogP contribution in [0.1, 0.15) is 22.6 Å². The van der Waals surface area contributed by atoms with E-state index < -0.39 is 11.9 Å². The Morgan fingerprint density at radius 3 is 2.32 bits per heavy atom. The van der Waals surface area contributed by atoms with Crippen LogP contribution in [0.4, 0.5) is 0 Å². The van der Waals surface area contributed by atoms with Crippen LogP contribution < -0.4 is 15.2 Å². The van der Waals surface area contributed by atoms with Gasteiger partial charge in [0.2, 0.25) is 5.88 Å². The fraction of sp³-hybridized carbons (Fsp3) is 0.0400. The Labute approximate surface area is 215 Å². The minimum absolute atomic E-state index is 0.0632. The van der Waals surface area contributed by atoms with Crippen molar-refractivity contribution >= 4 is 58.4 Å². The van der Waals surface area contributed by atoms with Gasteiger partial charge in [0.1, 0.15) is 23.1 Å². The summed E-state index contributed by atoms with van der Waals surface area (Å²) in [5.41, 5.74) is 8.13. The van der Waals surface area contributed by atoms with Crippen molar-refractivity contribution in [3.8, 4) is 17.6 Å². The molecule has 3 aromatic carbocycles. The topological polar surface area (TPSA) is 85.3 Å². The number of hydrogen-bond acceptors (Lipinski definition) is 5. The Bertz CT molecular complexity index is 1410. The van der Waals surface area contributed by atoms with Crippen molar-refractivity contribution in [2.45, 2.75) is 5.92 Å². The smallest absolute Gasteiger partial charge is 0.336 e. The second-order valence-electron chi connectivity index (χ2n) is 7.21. The molecule has 0 fully saturated rings. The largest absolute Gasteiger partial charge is 0.440 e. The number of esters is 1. The lowest BCUT2D eigenvalue weighted by atomic mass is 9.83. The first kappa shape index (κ1) is 24.0. The molecule has 5 nitrogen and oxygen atoms in total. The first-order valence-corrected chi connectivity index (χ1v) is 11.3. The number of nitrogens with two attached hydrogens (primary N) is 1. The predicted molar refractivity (Wildman–Crippen MR) is 133 cm³/mol. The summed E-state index contributed by atoms with van der Waals surface area (Å²) in [6, 6.07) is 16.8. The van der Waals surface area contributed by atoms with Gasteiger partial charge in [-0.25, -0.2) is 4.79 Å². The van der Waals surface area contributed by atoms with Crippen LogP contribution in [0.2, 0.25) is 20.1 Å². The lowest BCUT2D eigenvalue weighted by Gasteiger charge is -2.27. The summed E-state index contributed by atoms with van der Waals surface area (Å²) < 4.78 is 11.0. The number of hydrogen-bond donors (Lipinski definition) is 1. The van der Waals surface area contributed by atoms with Crippen molar-refractivity contribution in [1.29, 1.82) is 5.26 Å². The first-order valence-electron chi connectivity index (χ1n) is 9.78. The second kappa shape index (κ2) is 10.0. The van der Waals surface area contributed by atoms with Crippen LogP contribution in [-0.2, 0) is 4.79 Å². The van der Waals surface area contributed by atoms with Gasteiger partial charge in [-0.15, -0.1) is 0 Å². The van der Waals surface area contributed by atoms with Gasteiger partial charge in [-0.3, -0.25) is 0 Å². The van der Waals surface area contributed by atoms with Crippen molar-refractivity contribution in [1.82, 2.24) is 0 Å². The lowest BCUT2D eigenvalue weighted by molar-refractivity contribution is -0.128. The third-order valence-electron chi connectivity index (χ3n) is 5.04. The number of halogens is 4. The van der Waals surface area contributed by atoms with E-state index >= 15 is 0 Å². The molecule has 1 aliphatic heterocycles. The fourth-order valence-corrected chi connectivity index (χ4v) is 4.49. The van der Waals surface area contributed by atoms with E-state index in [9.17, 15) is 10.1 Å². The maximum Gasteiger partial charge on any atom is 0.336 e. The Hall–Kier alpha value is -3.14. The average molecular weight is 532 g/mol. The Kier molecular flexibility index (Phi) is 7.06. The van der Waals surface area contributed by atoms with Gasteiger partial charge in [0.05, 0.1) is 5.92 Å². The summed E-state index contributed by atoms with van der Waals surface area (Å²) in [5.74, 6) is -0.699. The lowest BCUT2D eigenvalue weighted by Crippen LogP contribution is -2.21. The minimum atomic E-state index is -0.625. The molecule has 0 saturated carbocycles. The average Bonchev–Trinajstić information content (AvgIpc) is 2.78. The maximum atomic E-state index is 12.3. The van der Waals surface area contributed by atoms with Crippen molar-refractivity contribution in [3.63, 3.8) is 0 Å². The van der Waals surface area contributed by atoms with Crippen molar-refractivity contribution < 1.29 is 14.3 Å². The molecule has 0 amide bonds. The third kappa shape index (κ3) is 5.01. The van der Waals surface area contributed by atoms with E-state index in [2.05, 4.69) is 6.07 Å². The number of carbonyl (C=O) groups is 1. The Balaban J connectivity index is 1.62. The molecule has 0 radical (unpaired) electrons. The Morgan fingerprint density at radius 2 is 1.65 bits per heavy atom. The highest BCUT2D eigenvalue weighted by atomic mass is 35.5. The SMILES string of the molecule is N#CC1=C(N)Oc2cc(OC(=O)/C=C/c3ccc(Cl)cc3Cl)ccc2C1c1ccc(Cl)cc1Cl. The molecule has 3 aromatic rings. The zero-order valence-electron chi connectivity index (χ0n) is 17.2. The molecule has 1 heterocycles. The minimum Gasteiger partial charge on any atom is -0.440 e. The van der Waals surface area contributed by atoms with Crippen LogP contribution in [0.3, 0.4) is 0 Å². The molecule has 0 aromatic heterocycles. The summed E-state index contributed by atoms with van der Waals surface area (Å²) in [6.45, 7) is 0. The van der Waals surface area contributed by atoms with Crippen LogP contribution in [0.5, 0.6) is 11.5 Å². The molecule has 4 rings (SSSR count). The summed E-state index contributed by atoms with van der Waals surface area (Å²) >= 11 is 24.4. The van der Waals surface area contributed by atoms with Gasteiger partial charge in [0, 0.05) is 37.8 Å². The van der Waals surface area contributed by atoms with Crippen LogP contribution in [0, 0.1) is 11.3 Å². The van der Waals surface area contributed by atoms with E-state index in [1.165, 1.54) is 18.2 Å². The normalized spacial score (nSPS) is 15.0. The van der Waals surface area contributed by atoms with Gasteiger partial charge >= 0.3 is 5.97 Å². The second-order valence-corrected chi connectivity index (χ2v) is 8.90. The highest BCUT2D eigenvalue weighted by Crippen LogP contribution is 2.45. The van der Waals surface area contributed by atoms with Crippen LogP contribution in [-0.4, -0.2) is 5.97 Å². The number of ether oxygens (including phenoxy) is 2. The van der Waals surface area contributed by atoms with E-state index in [0.717, 1.165) is 0 Å². The molecule has 0 bridgehead atoms. The number of benzene rings is 3. The van der Waals surface area contributed by atoms with E-state index in [1.54, 1.807) is 48.5 Å².